The molecule has 1 amide bonds. The minimum atomic E-state index is -0.603. The maximum absolute atomic E-state index is 12.7. The Balaban J connectivity index is 2.15. The van der Waals surface area contributed by atoms with Crippen LogP contribution in [0.15, 0.2) is 35.9 Å². The zero-order chi connectivity index (χ0) is 20.0. The van der Waals surface area contributed by atoms with Gasteiger partial charge >= 0.3 is 0 Å². The van der Waals surface area contributed by atoms with Gasteiger partial charge in [-0.05, 0) is 46.2 Å². The molecule has 1 aliphatic heterocycles. The number of hydrogen-bond acceptors (Lipinski definition) is 4. The fourth-order valence-corrected chi connectivity index (χ4v) is 3.06. The normalized spacial score (nSPS) is 16.4. The van der Waals surface area contributed by atoms with Crippen LogP contribution in [0.25, 0.3) is 0 Å². The maximum atomic E-state index is 12.7. The molecule has 1 aromatic rings. The Morgan fingerprint density at radius 3 is 2.63 bits per heavy atom. The highest BCUT2D eigenvalue weighted by Crippen LogP contribution is 2.25. The van der Waals surface area contributed by atoms with E-state index in [0.29, 0.717) is 32.6 Å². The maximum Gasteiger partial charge on any atom is 0.224 e. The van der Waals surface area contributed by atoms with E-state index in [1.165, 1.54) is 5.57 Å². The van der Waals surface area contributed by atoms with E-state index in [9.17, 15) is 9.90 Å². The van der Waals surface area contributed by atoms with Crippen molar-refractivity contribution in [1.29, 1.82) is 0 Å². The number of ether oxygens (including phenoxy) is 1. The Bertz CT molecular complexity index is 660. The monoisotopic (exact) mass is 374 g/mol. The van der Waals surface area contributed by atoms with E-state index in [2.05, 4.69) is 23.1 Å². The first-order valence-corrected chi connectivity index (χ1v) is 9.72. The van der Waals surface area contributed by atoms with Gasteiger partial charge in [-0.2, -0.15) is 0 Å². The van der Waals surface area contributed by atoms with Gasteiger partial charge in [0, 0.05) is 38.3 Å². The van der Waals surface area contributed by atoms with Gasteiger partial charge in [-0.1, -0.05) is 29.8 Å². The van der Waals surface area contributed by atoms with Crippen molar-refractivity contribution in [3.05, 3.63) is 41.5 Å². The van der Waals surface area contributed by atoms with Gasteiger partial charge in [0.2, 0.25) is 5.91 Å². The van der Waals surface area contributed by atoms with Crippen molar-refractivity contribution in [2.75, 3.05) is 31.1 Å². The van der Waals surface area contributed by atoms with E-state index in [-0.39, 0.29) is 18.1 Å². The molecule has 0 aromatic heterocycles. The number of carbonyl (C=O) groups excluding carboxylic acids is 1. The average molecular weight is 375 g/mol. The summed E-state index contributed by atoms with van der Waals surface area (Å²) in [4.78, 5) is 16.7. The number of aliphatic hydroxyl groups excluding tert-OH is 1. The SMILES string of the molecule is CC(C)=CCN1Cc2ccccc2N(CC(O)COC(C)(C)C)CCC1=O. The largest absolute Gasteiger partial charge is 0.389 e. The van der Waals surface area contributed by atoms with Crippen molar-refractivity contribution in [2.24, 2.45) is 0 Å². The van der Waals surface area contributed by atoms with Crippen LogP contribution in [0.5, 0.6) is 0 Å². The summed E-state index contributed by atoms with van der Waals surface area (Å²) in [5.41, 5.74) is 3.12. The van der Waals surface area contributed by atoms with Gasteiger partial charge in [-0.15, -0.1) is 0 Å². The van der Waals surface area contributed by atoms with Gasteiger partial charge in [0.15, 0.2) is 0 Å². The van der Waals surface area contributed by atoms with Crippen molar-refractivity contribution >= 4 is 11.6 Å². The van der Waals surface area contributed by atoms with Crippen LogP contribution in [0.1, 0.15) is 46.6 Å². The lowest BCUT2D eigenvalue weighted by Crippen LogP contribution is -2.42. The summed E-state index contributed by atoms with van der Waals surface area (Å²) in [5, 5.41) is 10.4. The molecule has 1 aliphatic rings. The van der Waals surface area contributed by atoms with Crippen LogP contribution in [0.4, 0.5) is 5.69 Å². The van der Waals surface area contributed by atoms with Crippen molar-refractivity contribution in [3.8, 4) is 0 Å². The smallest absolute Gasteiger partial charge is 0.224 e. The molecule has 0 radical (unpaired) electrons. The molecule has 5 heteroatoms. The number of β-amino-alcohol motifs (C(OH)–C–C–N with tert-alkyl or cyclic N) is 1. The molecular weight excluding hydrogens is 340 g/mol. The summed E-state index contributed by atoms with van der Waals surface area (Å²) in [6.45, 7) is 12.6. The lowest BCUT2D eigenvalue weighted by Gasteiger charge is -2.34. The molecule has 0 fully saturated rings. The van der Waals surface area contributed by atoms with Gasteiger partial charge in [0.05, 0.1) is 18.3 Å². The molecule has 1 heterocycles. The highest BCUT2D eigenvalue weighted by molar-refractivity contribution is 5.78. The predicted molar refractivity (Wildman–Crippen MR) is 110 cm³/mol. The van der Waals surface area contributed by atoms with E-state index in [1.54, 1.807) is 0 Å². The van der Waals surface area contributed by atoms with Gasteiger partial charge in [0.25, 0.3) is 0 Å². The van der Waals surface area contributed by atoms with Crippen LogP contribution in [-0.4, -0.2) is 53.9 Å². The van der Waals surface area contributed by atoms with Crippen LogP contribution >= 0.6 is 0 Å². The third-order valence-corrected chi connectivity index (χ3v) is 4.50. The van der Waals surface area contributed by atoms with E-state index >= 15 is 0 Å². The number of para-hydroxylation sites is 1. The van der Waals surface area contributed by atoms with E-state index in [1.807, 2.05) is 51.7 Å². The number of aliphatic hydroxyl groups is 1. The molecule has 0 saturated heterocycles. The number of rotatable bonds is 6. The Morgan fingerprint density at radius 1 is 1.26 bits per heavy atom. The van der Waals surface area contributed by atoms with Gasteiger partial charge < -0.3 is 19.6 Å². The van der Waals surface area contributed by atoms with Crippen LogP contribution in [0.2, 0.25) is 0 Å². The van der Waals surface area contributed by atoms with E-state index in [4.69, 9.17) is 4.74 Å². The van der Waals surface area contributed by atoms with Crippen LogP contribution in [0.3, 0.4) is 0 Å². The molecule has 1 atom stereocenters. The number of nitrogens with zero attached hydrogens (tertiary/aromatic N) is 2. The second kappa shape index (κ2) is 9.38. The lowest BCUT2D eigenvalue weighted by molar-refractivity contribution is -0.131. The molecule has 0 aliphatic carbocycles. The number of benzene rings is 1. The molecule has 5 nitrogen and oxygen atoms in total. The Hall–Kier alpha value is -1.85. The van der Waals surface area contributed by atoms with Crippen molar-refractivity contribution in [1.82, 2.24) is 4.90 Å². The third kappa shape index (κ3) is 7.00. The highest BCUT2D eigenvalue weighted by atomic mass is 16.5. The van der Waals surface area contributed by atoms with Crippen LogP contribution < -0.4 is 4.90 Å². The third-order valence-electron chi connectivity index (χ3n) is 4.50. The first-order valence-electron chi connectivity index (χ1n) is 9.72. The molecule has 1 N–H and O–H groups in total. The quantitative estimate of drug-likeness (QED) is 0.776. The molecule has 2 rings (SSSR count). The van der Waals surface area contributed by atoms with Gasteiger partial charge in [-0.3, -0.25) is 4.79 Å². The van der Waals surface area contributed by atoms with Crippen molar-refractivity contribution in [2.45, 2.75) is 59.3 Å². The fraction of sp³-hybridized carbons (Fsp3) is 0.591. The lowest BCUT2D eigenvalue weighted by atomic mass is 10.1. The standard InChI is InChI=1S/C22H34N2O3/c1-17(2)10-12-24-14-18-8-6-7-9-20(18)23(13-11-21(24)26)15-19(25)16-27-22(3,4)5/h6-10,19,25H,11-16H2,1-5H3. The molecule has 1 aromatic carbocycles. The van der Waals surface area contributed by atoms with Gasteiger partial charge in [0.1, 0.15) is 0 Å². The molecular formula is C22H34N2O3. The summed E-state index contributed by atoms with van der Waals surface area (Å²) in [6, 6.07) is 8.14. The topological polar surface area (TPSA) is 53.0 Å². The highest BCUT2D eigenvalue weighted by Gasteiger charge is 2.24. The molecule has 150 valence electrons. The summed E-state index contributed by atoms with van der Waals surface area (Å²) in [6.07, 6.45) is 1.93. The van der Waals surface area contributed by atoms with Crippen LogP contribution in [0, 0.1) is 0 Å². The second-order valence-electron chi connectivity index (χ2n) is 8.46. The average Bonchev–Trinajstić information content (AvgIpc) is 2.58. The van der Waals surface area contributed by atoms with Crippen molar-refractivity contribution < 1.29 is 14.6 Å². The number of carbonyl (C=O) groups is 1. The number of hydrogen-bond donors (Lipinski definition) is 1. The summed E-state index contributed by atoms with van der Waals surface area (Å²) in [5.74, 6) is 0.146. The van der Waals surface area contributed by atoms with E-state index < -0.39 is 6.10 Å². The number of fused-ring (bicyclic) bond motifs is 1. The zero-order valence-electron chi connectivity index (χ0n) is 17.4. The summed E-state index contributed by atoms with van der Waals surface area (Å²) in [7, 11) is 0. The molecule has 0 bridgehead atoms. The second-order valence-corrected chi connectivity index (χ2v) is 8.46. The van der Waals surface area contributed by atoms with Gasteiger partial charge in [-0.25, -0.2) is 0 Å². The number of amides is 1. The van der Waals surface area contributed by atoms with Crippen LogP contribution in [-0.2, 0) is 16.1 Å². The number of allylic oxidation sites excluding steroid dienone is 1. The van der Waals surface area contributed by atoms with E-state index in [0.717, 1.165) is 11.3 Å². The zero-order valence-corrected chi connectivity index (χ0v) is 17.4. The Morgan fingerprint density at radius 2 is 1.96 bits per heavy atom. The summed E-state index contributed by atoms with van der Waals surface area (Å²) >= 11 is 0. The molecule has 27 heavy (non-hydrogen) atoms. The predicted octanol–water partition coefficient (Wildman–Crippen LogP) is 3.37. The van der Waals surface area contributed by atoms with Crippen molar-refractivity contribution in [3.63, 3.8) is 0 Å². The minimum Gasteiger partial charge on any atom is -0.389 e. The molecule has 1 unspecified atom stereocenters. The Labute approximate surface area is 163 Å². The first-order chi connectivity index (χ1) is 12.7. The fourth-order valence-electron chi connectivity index (χ4n) is 3.06. The number of anilines is 1. The molecule has 0 saturated carbocycles. The minimum absolute atomic E-state index is 0.146. The Kier molecular flexibility index (Phi) is 7.45. The molecule has 0 spiro atoms. The first kappa shape index (κ1) is 21.5. The summed E-state index contributed by atoms with van der Waals surface area (Å²) < 4.78 is 5.71.